The Morgan fingerprint density at radius 2 is 1.74 bits per heavy atom. The Morgan fingerprint density at radius 3 is 2.22 bits per heavy atom. The van der Waals surface area contributed by atoms with Crippen molar-refractivity contribution in [1.29, 1.82) is 0 Å². The highest BCUT2D eigenvalue weighted by Crippen LogP contribution is 2.23. The van der Waals surface area contributed by atoms with Gasteiger partial charge in [0, 0.05) is 37.3 Å². The number of nitrogens with two attached hydrogens (primary N) is 1. The van der Waals surface area contributed by atoms with Gasteiger partial charge < -0.3 is 15.5 Å². The highest BCUT2D eigenvalue weighted by molar-refractivity contribution is 6.28. The van der Waals surface area contributed by atoms with Crippen LogP contribution in [-0.2, 0) is 4.79 Å². The second kappa shape index (κ2) is 7.21. The number of anilines is 1. The van der Waals surface area contributed by atoms with Crippen molar-refractivity contribution >= 4 is 34.7 Å². The lowest BCUT2D eigenvalue weighted by Crippen LogP contribution is -2.51. The molecule has 2 rings (SSSR count). The number of hydrogen-bond acceptors (Lipinski definition) is 3. The summed E-state index contributed by atoms with van der Waals surface area (Å²) in [5.41, 5.74) is 7.25. The van der Waals surface area contributed by atoms with Gasteiger partial charge in [-0.2, -0.15) is 0 Å². The first-order chi connectivity index (χ1) is 10.8. The Labute approximate surface area is 143 Å². The van der Waals surface area contributed by atoms with Gasteiger partial charge in [-0.1, -0.05) is 20.8 Å². The van der Waals surface area contributed by atoms with Gasteiger partial charge in [0.15, 0.2) is 0 Å². The summed E-state index contributed by atoms with van der Waals surface area (Å²) in [6.45, 7) is 9.10. The maximum atomic E-state index is 12.3. The zero-order chi connectivity index (χ0) is 17.0. The van der Waals surface area contributed by atoms with Gasteiger partial charge >= 0.3 is 0 Å². The third kappa shape index (κ3) is 4.61. The van der Waals surface area contributed by atoms with E-state index in [4.69, 9.17) is 17.3 Å². The highest BCUT2D eigenvalue weighted by atomic mass is 35.5. The molecule has 1 amide bonds. The average molecular weight is 337 g/mol. The van der Waals surface area contributed by atoms with Crippen LogP contribution in [0.5, 0.6) is 0 Å². The molecule has 0 radical (unpaired) electrons. The van der Waals surface area contributed by atoms with Crippen LogP contribution in [0.15, 0.2) is 29.3 Å². The maximum absolute atomic E-state index is 12.3. The van der Waals surface area contributed by atoms with Gasteiger partial charge in [0.25, 0.3) is 0 Å². The van der Waals surface area contributed by atoms with E-state index in [0.717, 1.165) is 37.6 Å². The van der Waals surface area contributed by atoms with Crippen molar-refractivity contribution in [3.63, 3.8) is 0 Å². The average Bonchev–Trinajstić information content (AvgIpc) is 2.54. The molecule has 1 saturated heterocycles. The number of nitrogens with zero attached hydrogens (tertiary/aromatic N) is 3. The molecule has 1 fully saturated rings. The Morgan fingerprint density at radius 1 is 1.17 bits per heavy atom. The lowest BCUT2D eigenvalue weighted by molar-refractivity contribution is -0.139. The Balaban J connectivity index is 1.97. The largest absolute Gasteiger partial charge is 0.386 e. The molecule has 6 heteroatoms. The van der Waals surface area contributed by atoms with Gasteiger partial charge in [-0.05, 0) is 24.3 Å². The van der Waals surface area contributed by atoms with Crippen molar-refractivity contribution < 1.29 is 4.79 Å². The second-order valence-corrected chi connectivity index (χ2v) is 7.05. The maximum Gasteiger partial charge on any atom is 0.228 e. The van der Waals surface area contributed by atoms with E-state index in [0.29, 0.717) is 5.84 Å². The second-order valence-electron chi connectivity index (χ2n) is 6.78. The molecule has 126 valence electrons. The number of rotatable bonds is 3. The number of aliphatic imine (C=N–C) groups is 1. The monoisotopic (exact) mass is 336 g/mol. The van der Waals surface area contributed by atoms with Crippen molar-refractivity contribution in [2.75, 3.05) is 37.0 Å². The molecule has 0 spiro atoms. The fourth-order valence-corrected chi connectivity index (χ4v) is 2.64. The summed E-state index contributed by atoms with van der Waals surface area (Å²) in [5, 5.41) is 0. The van der Waals surface area contributed by atoms with E-state index in [-0.39, 0.29) is 17.2 Å². The Kier molecular flexibility index (Phi) is 5.52. The Hall–Kier alpha value is -1.75. The SMILES string of the molecule is CC(C)(C)C(=O)N1CCN(c2ccc(N=C(N)CCl)cc2)CC1. The summed E-state index contributed by atoms with van der Waals surface area (Å²) in [4.78, 5) is 20.8. The lowest BCUT2D eigenvalue weighted by atomic mass is 9.94. The molecule has 0 unspecified atom stereocenters. The van der Waals surface area contributed by atoms with Crippen LogP contribution in [0, 0.1) is 5.41 Å². The number of halogens is 1. The van der Waals surface area contributed by atoms with Crippen molar-refractivity contribution in [3.05, 3.63) is 24.3 Å². The summed E-state index contributed by atoms with van der Waals surface area (Å²) in [6.07, 6.45) is 0. The van der Waals surface area contributed by atoms with Crippen molar-refractivity contribution in [2.24, 2.45) is 16.1 Å². The number of benzene rings is 1. The van der Waals surface area contributed by atoms with E-state index in [1.807, 2.05) is 49.9 Å². The van der Waals surface area contributed by atoms with E-state index in [1.165, 1.54) is 0 Å². The topological polar surface area (TPSA) is 61.9 Å². The van der Waals surface area contributed by atoms with Gasteiger partial charge in [-0.15, -0.1) is 11.6 Å². The number of carbonyl (C=O) groups excluding carboxylic acids is 1. The molecule has 1 aliphatic rings. The predicted molar refractivity (Wildman–Crippen MR) is 96.7 cm³/mol. The molecule has 1 aromatic rings. The quantitative estimate of drug-likeness (QED) is 0.524. The lowest BCUT2D eigenvalue weighted by Gasteiger charge is -2.38. The van der Waals surface area contributed by atoms with Crippen LogP contribution in [0.1, 0.15) is 20.8 Å². The fraction of sp³-hybridized carbons (Fsp3) is 0.529. The zero-order valence-electron chi connectivity index (χ0n) is 14.1. The number of carbonyl (C=O) groups is 1. The normalized spacial score (nSPS) is 16.6. The first-order valence-electron chi connectivity index (χ1n) is 7.84. The van der Waals surface area contributed by atoms with E-state index >= 15 is 0 Å². The minimum Gasteiger partial charge on any atom is -0.386 e. The minimum atomic E-state index is -0.315. The van der Waals surface area contributed by atoms with Gasteiger partial charge in [0.2, 0.25) is 5.91 Å². The van der Waals surface area contributed by atoms with E-state index in [1.54, 1.807) is 0 Å². The summed E-state index contributed by atoms with van der Waals surface area (Å²) in [5.74, 6) is 0.859. The zero-order valence-corrected chi connectivity index (χ0v) is 14.8. The standard InChI is InChI=1S/C17H25ClN4O/c1-17(2,3)16(23)22-10-8-21(9-11-22)14-6-4-13(5-7-14)20-15(19)12-18/h4-7H,8-12H2,1-3H3,(H2,19,20). The molecule has 0 aliphatic carbocycles. The number of amidine groups is 1. The predicted octanol–water partition coefficient (Wildman–Crippen LogP) is 2.61. The molecular formula is C17H25ClN4O. The van der Waals surface area contributed by atoms with Crippen LogP contribution >= 0.6 is 11.6 Å². The van der Waals surface area contributed by atoms with Crippen molar-refractivity contribution in [1.82, 2.24) is 4.90 Å². The number of piperazine rings is 1. The molecule has 2 N–H and O–H groups in total. The van der Waals surface area contributed by atoms with E-state index in [9.17, 15) is 4.79 Å². The number of hydrogen-bond donors (Lipinski definition) is 1. The summed E-state index contributed by atoms with van der Waals surface area (Å²) in [6, 6.07) is 7.92. The van der Waals surface area contributed by atoms with Crippen LogP contribution < -0.4 is 10.6 Å². The molecule has 1 aromatic carbocycles. The third-order valence-corrected chi connectivity index (χ3v) is 4.11. The van der Waals surface area contributed by atoms with Gasteiger partial charge in [0.1, 0.15) is 5.84 Å². The first-order valence-corrected chi connectivity index (χ1v) is 8.38. The molecule has 1 heterocycles. The number of amides is 1. The summed E-state index contributed by atoms with van der Waals surface area (Å²) < 4.78 is 0. The summed E-state index contributed by atoms with van der Waals surface area (Å²) in [7, 11) is 0. The molecule has 0 atom stereocenters. The van der Waals surface area contributed by atoms with Crippen LogP contribution in [0.4, 0.5) is 11.4 Å². The number of alkyl halides is 1. The van der Waals surface area contributed by atoms with Crippen LogP contribution in [0.2, 0.25) is 0 Å². The molecule has 5 nitrogen and oxygen atoms in total. The van der Waals surface area contributed by atoms with Crippen molar-refractivity contribution in [2.45, 2.75) is 20.8 Å². The summed E-state index contributed by atoms with van der Waals surface area (Å²) >= 11 is 5.63. The van der Waals surface area contributed by atoms with E-state index in [2.05, 4.69) is 9.89 Å². The van der Waals surface area contributed by atoms with Crippen molar-refractivity contribution in [3.8, 4) is 0 Å². The smallest absolute Gasteiger partial charge is 0.228 e. The van der Waals surface area contributed by atoms with Gasteiger partial charge in [-0.3, -0.25) is 4.79 Å². The molecule has 0 aromatic heterocycles. The molecule has 23 heavy (non-hydrogen) atoms. The van der Waals surface area contributed by atoms with Crippen LogP contribution in [0.3, 0.4) is 0 Å². The minimum absolute atomic E-state index is 0.221. The fourth-order valence-electron chi connectivity index (χ4n) is 2.58. The molecular weight excluding hydrogens is 312 g/mol. The highest BCUT2D eigenvalue weighted by Gasteiger charge is 2.29. The molecule has 0 saturated carbocycles. The van der Waals surface area contributed by atoms with Gasteiger partial charge in [-0.25, -0.2) is 4.99 Å². The molecule has 0 bridgehead atoms. The van der Waals surface area contributed by atoms with E-state index < -0.39 is 0 Å². The molecule has 1 aliphatic heterocycles. The van der Waals surface area contributed by atoms with Crippen LogP contribution in [-0.4, -0.2) is 48.7 Å². The van der Waals surface area contributed by atoms with Gasteiger partial charge in [0.05, 0.1) is 11.6 Å². The third-order valence-electron chi connectivity index (χ3n) is 3.83. The Bertz CT molecular complexity index is 569. The first kappa shape index (κ1) is 17.6. The van der Waals surface area contributed by atoms with Crippen LogP contribution in [0.25, 0.3) is 0 Å².